The maximum atomic E-state index is 14.2. The normalized spacial score (nSPS) is 16.7. The Hall–Kier alpha value is -3.26. The van der Waals surface area contributed by atoms with Crippen LogP contribution in [0, 0.1) is 18.6 Å². The molecule has 0 radical (unpaired) electrons. The van der Waals surface area contributed by atoms with Crippen LogP contribution in [0.2, 0.25) is 0 Å². The molecular weight excluding hydrogens is 390 g/mol. The van der Waals surface area contributed by atoms with Crippen LogP contribution < -0.4 is 10.2 Å². The first kappa shape index (κ1) is 20.0. The van der Waals surface area contributed by atoms with Crippen LogP contribution in [-0.2, 0) is 4.79 Å². The summed E-state index contributed by atoms with van der Waals surface area (Å²) < 4.78 is 28.3. The molecule has 30 heavy (non-hydrogen) atoms. The zero-order valence-corrected chi connectivity index (χ0v) is 16.9. The predicted molar refractivity (Wildman–Crippen MR) is 112 cm³/mol. The largest absolute Gasteiger partial charge is 0.350 e. The molecule has 2 aromatic carbocycles. The van der Waals surface area contributed by atoms with Gasteiger partial charge in [-0.25, -0.2) is 8.78 Å². The number of H-pyrrole nitrogens is 1. The minimum atomic E-state index is -0.567. The second-order valence-corrected chi connectivity index (χ2v) is 7.75. The first-order valence-corrected chi connectivity index (χ1v) is 9.62. The molecule has 1 atom stereocenters. The van der Waals surface area contributed by atoms with Gasteiger partial charge in [0.15, 0.2) is 0 Å². The fraction of sp³-hybridized carbons (Fsp3) is 0.273. The molecule has 2 amide bonds. The Morgan fingerprint density at radius 3 is 2.63 bits per heavy atom. The van der Waals surface area contributed by atoms with Gasteiger partial charge in [-0.1, -0.05) is 6.07 Å². The number of carbonyl (C=O) groups is 2. The third kappa shape index (κ3) is 3.54. The van der Waals surface area contributed by atoms with Gasteiger partial charge in [0.25, 0.3) is 5.91 Å². The highest BCUT2D eigenvalue weighted by Crippen LogP contribution is 2.28. The standard InChI is InChI=1S/C22H22F2N4O2/c1-12-4-5-17(24)16-11-18(26-20(12)16)21(29)25-14-8-13(23)9-15(10-14)28-7-6-19(22(28)30)27(2)3/h4-5,8-11,19,26H,6-7H2,1-3H3,(H,25,29)/t19-/m0/s1. The summed E-state index contributed by atoms with van der Waals surface area (Å²) in [6.45, 7) is 2.28. The smallest absolute Gasteiger partial charge is 0.272 e. The number of rotatable bonds is 4. The Balaban J connectivity index is 1.60. The number of nitrogens with one attached hydrogen (secondary N) is 2. The van der Waals surface area contributed by atoms with Crippen molar-refractivity contribution in [1.29, 1.82) is 0 Å². The van der Waals surface area contributed by atoms with Crippen molar-refractivity contribution in [2.75, 3.05) is 30.9 Å². The maximum Gasteiger partial charge on any atom is 0.272 e. The average Bonchev–Trinajstić information content (AvgIpc) is 3.29. The van der Waals surface area contributed by atoms with Crippen molar-refractivity contribution in [2.45, 2.75) is 19.4 Å². The first-order chi connectivity index (χ1) is 14.2. The van der Waals surface area contributed by atoms with Gasteiger partial charge in [0, 0.05) is 23.3 Å². The van der Waals surface area contributed by atoms with Crippen LogP contribution in [0.4, 0.5) is 20.2 Å². The van der Waals surface area contributed by atoms with Crippen molar-refractivity contribution in [3.63, 3.8) is 0 Å². The highest BCUT2D eigenvalue weighted by Gasteiger charge is 2.34. The van der Waals surface area contributed by atoms with Crippen LogP contribution in [0.3, 0.4) is 0 Å². The summed E-state index contributed by atoms with van der Waals surface area (Å²) in [6.07, 6.45) is 0.643. The topological polar surface area (TPSA) is 68.4 Å². The van der Waals surface area contributed by atoms with Crippen molar-refractivity contribution in [1.82, 2.24) is 9.88 Å². The van der Waals surface area contributed by atoms with Crippen LogP contribution in [-0.4, -0.2) is 48.4 Å². The Morgan fingerprint density at radius 2 is 1.97 bits per heavy atom. The fourth-order valence-corrected chi connectivity index (χ4v) is 3.85. The van der Waals surface area contributed by atoms with Crippen molar-refractivity contribution in [2.24, 2.45) is 0 Å². The summed E-state index contributed by atoms with van der Waals surface area (Å²) in [5.74, 6) is -1.63. The second kappa shape index (κ2) is 7.53. The lowest BCUT2D eigenvalue weighted by Crippen LogP contribution is -2.37. The van der Waals surface area contributed by atoms with Gasteiger partial charge in [-0.2, -0.15) is 0 Å². The van der Waals surface area contributed by atoms with Gasteiger partial charge in [0.2, 0.25) is 5.91 Å². The molecule has 1 saturated heterocycles. The highest BCUT2D eigenvalue weighted by molar-refractivity contribution is 6.07. The summed E-state index contributed by atoms with van der Waals surface area (Å²) in [6, 6.07) is 8.16. The molecule has 156 valence electrons. The number of likely N-dealkylation sites (N-methyl/N-ethyl adjacent to an activating group) is 1. The van der Waals surface area contributed by atoms with E-state index in [1.807, 2.05) is 25.9 Å². The summed E-state index contributed by atoms with van der Waals surface area (Å²) in [7, 11) is 3.66. The number of aryl methyl sites for hydroxylation is 1. The summed E-state index contributed by atoms with van der Waals surface area (Å²) >= 11 is 0. The van der Waals surface area contributed by atoms with Gasteiger partial charge in [0.1, 0.15) is 17.3 Å². The maximum absolute atomic E-state index is 14.2. The number of amides is 2. The molecule has 1 aromatic heterocycles. The van der Waals surface area contributed by atoms with Crippen LogP contribution >= 0.6 is 0 Å². The number of nitrogens with zero attached hydrogens (tertiary/aromatic N) is 2. The van der Waals surface area contributed by atoms with E-state index in [9.17, 15) is 18.4 Å². The number of hydrogen-bond acceptors (Lipinski definition) is 3. The van der Waals surface area contributed by atoms with E-state index in [1.165, 1.54) is 29.2 Å². The van der Waals surface area contributed by atoms with Gasteiger partial charge in [-0.3, -0.25) is 14.5 Å². The SMILES string of the molecule is Cc1ccc(F)c2cc(C(=O)Nc3cc(F)cc(N4CC[C@H](N(C)C)C4=O)c3)[nH]c12. The number of hydrogen-bond donors (Lipinski definition) is 2. The number of carbonyl (C=O) groups excluding carboxylic acids is 2. The molecule has 1 aliphatic heterocycles. The number of anilines is 2. The van der Waals surface area contributed by atoms with Crippen molar-refractivity contribution < 1.29 is 18.4 Å². The molecule has 1 aliphatic rings. The van der Waals surface area contributed by atoms with E-state index < -0.39 is 17.5 Å². The lowest BCUT2D eigenvalue weighted by Gasteiger charge is -2.20. The lowest BCUT2D eigenvalue weighted by molar-refractivity contribution is -0.120. The van der Waals surface area contributed by atoms with E-state index in [4.69, 9.17) is 0 Å². The van der Waals surface area contributed by atoms with Gasteiger partial charge >= 0.3 is 0 Å². The quantitative estimate of drug-likeness (QED) is 0.687. The van der Waals surface area contributed by atoms with Crippen molar-refractivity contribution >= 4 is 34.1 Å². The molecular formula is C22H22F2N4O2. The summed E-state index contributed by atoms with van der Waals surface area (Å²) in [5, 5.41) is 2.95. The number of aromatic amines is 1. The summed E-state index contributed by atoms with van der Waals surface area (Å²) in [5.41, 5.74) is 2.11. The number of fused-ring (bicyclic) bond motifs is 1. The average molecular weight is 412 g/mol. The third-order valence-electron chi connectivity index (χ3n) is 5.45. The van der Waals surface area contributed by atoms with Crippen LogP contribution in [0.5, 0.6) is 0 Å². The van der Waals surface area contributed by atoms with E-state index in [1.54, 1.807) is 12.1 Å². The summed E-state index contributed by atoms with van der Waals surface area (Å²) in [4.78, 5) is 31.6. The third-order valence-corrected chi connectivity index (χ3v) is 5.45. The van der Waals surface area contributed by atoms with Crippen LogP contribution in [0.1, 0.15) is 22.5 Å². The molecule has 0 saturated carbocycles. The van der Waals surface area contributed by atoms with E-state index in [-0.39, 0.29) is 23.3 Å². The molecule has 2 N–H and O–H groups in total. The monoisotopic (exact) mass is 412 g/mol. The fourth-order valence-electron chi connectivity index (χ4n) is 3.85. The molecule has 3 aromatic rings. The molecule has 1 fully saturated rings. The second-order valence-electron chi connectivity index (χ2n) is 7.75. The molecule has 0 bridgehead atoms. The Bertz CT molecular complexity index is 1120. The van der Waals surface area contributed by atoms with E-state index in [2.05, 4.69) is 10.3 Å². The minimum Gasteiger partial charge on any atom is -0.350 e. The van der Waals surface area contributed by atoms with Crippen molar-refractivity contribution in [3.05, 3.63) is 59.3 Å². The van der Waals surface area contributed by atoms with E-state index in [0.717, 1.165) is 5.56 Å². The number of aromatic nitrogens is 1. The molecule has 0 unspecified atom stereocenters. The zero-order chi connectivity index (χ0) is 21.6. The van der Waals surface area contributed by atoms with E-state index >= 15 is 0 Å². The van der Waals surface area contributed by atoms with Crippen LogP contribution in [0.15, 0.2) is 36.4 Å². The van der Waals surface area contributed by atoms with Gasteiger partial charge in [-0.15, -0.1) is 0 Å². The van der Waals surface area contributed by atoms with Gasteiger partial charge in [0.05, 0.1) is 11.6 Å². The zero-order valence-electron chi connectivity index (χ0n) is 16.9. The van der Waals surface area contributed by atoms with E-state index in [0.29, 0.717) is 29.6 Å². The minimum absolute atomic E-state index is 0.107. The number of benzene rings is 2. The van der Waals surface area contributed by atoms with Crippen LogP contribution in [0.25, 0.3) is 10.9 Å². The first-order valence-electron chi connectivity index (χ1n) is 9.62. The Kier molecular flexibility index (Phi) is 5.03. The van der Waals surface area contributed by atoms with Gasteiger partial charge < -0.3 is 15.2 Å². The molecule has 0 spiro atoms. The highest BCUT2D eigenvalue weighted by atomic mass is 19.1. The molecule has 2 heterocycles. The van der Waals surface area contributed by atoms with Crippen molar-refractivity contribution in [3.8, 4) is 0 Å². The van der Waals surface area contributed by atoms with Gasteiger partial charge in [-0.05, 0) is 63.3 Å². The molecule has 8 heteroatoms. The number of halogens is 2. The molecule has 6 nitrogen and oxygen atoms in total. The lowest BCUT2D eigenvalue weighted by atomic mass is 10.1. The predicted octanol–water partition coefficient (Wildman–Crippen LogP) is 3.67. The Morgan fingerprint density at radius 1 is 1.20 bits per heavy atom. The molecule has 4 rings (SSSR count). The Labute approximate surface area is 172 Å². The molecule has 0 aliphatic carbocycles.